The van der Waals surface area contributed by atoms with Crippen LogP contribution in [0.25, 0.3) is 10.2 Å². The second-order valence-corrected chi connectivity index (χ2v) is 6.71. The van der Waals surface area contributed by atoms with E-state index in [9.17, 15) is 9.59 Å². The Kier molecular flexibility index (Phi) is 4.38. The fraction of sp³-hybridized carbons (Fsp3) is 0.438. The standard InChI is InChI=1S/C16H18N2O3S/c19-15(18-9-8-11(10-18)16(20)21)7-3-6-14-17-12-4-1-2-5-13(12)22-14/h1-2,4-5,11H,3,6-10H2,(H,20,21). The number of likely N-dealkylation sites (tertiary alicyclic amines) is 1. The number of carboxylic acids is 1. The second-order valence-electron chi connectivity index (χ2n) is 5.59. The Balaban J connectivity index is 1.48. The van der Waals surface area contributed by atoms with Crippen molar-refractivity contribution in [3.8, 4) is 0 Å². The number of rotatable bonds is 5. The van der Waals surface area contributed by atoms with Crippen LogP contribution in [0.15, 0.2) is 24.3 Å². The molecule has 1 N–H and O–H groups in total. The van der Waals surface area contributed by atoms with Crippen molar-refractivity contribution in [2.45, 2.75) is 25.7 Å². The fourth-order valence-corrected chi connectivity index (χ4v) is 3.77. The molecule has 1 atom stereocenters. The molecule has 1 unspecified atom stereocenters. The van der Waals surface area contributed by atoms with Crippen LogP contribution in [0.5, 0.6) is 0 Å². The molecule has 2 aromatic rings. The van der Waals surface area contributed by atoms with Crippen molar-refractivity contribution < 1.29 is 14.7 Å². The summed E-state index contributed by atoms with van der Waals surface area (Å²) < 4.78 is 1.17. The van der Waals surface area contributed by atoms with Crippen LogP contribution in [0, 0.1) is 5.92 Å². The molecule has 6 heteroatoms. The number of para-hydroxylation sites is 1. The molecule has 0 saturated carbocycles. The number of carbonyl (C=O) groups is 2. The Morgan fingerprint density at radius 1 is 1.36 bits per heavy atom. The van der Waals surface area contributed by atoms with E-state index in [0.29, 0.717) is 25.9 Å². The highest BCUT2D eigenvalue weighted by Crippen LogP contribution is 2.23. The first-order valence-electron chi connectivity index (χ1n) is 7.48. The number of fused-ring (bicyclic) bond motifs is 1. The number of benzene rings is 1. The van der Waals surface area contributed by atoms with E-state index in [2.05, 4.69) is 11.1 Å². The summed E-state index contributed by atoms with van der Waals surface area (Å²) in [5.41, 5.74) is 1.01. The number of nitrogens with zero attached hydrogens (tertiary/aromatic N) is 2. The summed E-state index contributed by atoms with van der Waals surface area (Å²) in [6, 6.07) is 8.02. The highest BCUT2D eigenvalue weighted by molar-refractivity contribution is 7.18. The van der Waals surface area contributed by atoms with Crippen LogP contribution >= 0.6 is 11.3 Å². The molecule has 1 aliphatic rings. The van der Waals surface area contributed by atoms with Gasteiger partial charge < -0.3 is 10.0 Å². The van der Waals surface area contributed by atoms with Gasteiger partial charge in [-0.25, -0.2) is 4.98 Å². The molecule has 1 aromatic carbocycles. The molecule has 0 radical (unpaired) electrons. The maximum absolute atomic E-state index is 12.1. The first-order chi connectivity index (χ1) is 10.6. The zero-order valence-electron chi connectivity index (χ0n) is 12.2. The van der Waals surface area contributed by atoms with Crippen molar-refractivity contribution in [1.82, 2.24) is 9.88 Å². The highest BCUT2D eigenvalue weighted by Gasteiger charge is 2.30. The summed E-state index contributed by atoms with van der Waals surface area (Å²) in [6.07, 6.45) is 2.58. The summed E-state index contributed by atoms with van der Waals surface area (Å²) >= 11 is 1.67. The van der Waals surface area contributed by atoms with Crippen LogP contribution in [0.1, 0.15) is 24.3 Å². The van der Waals surface area contributed by atoms with Gasteiger partial charge in [0.05, 0.1) is 21.1 Å². The smallest absolute Gasteiger partial charge is 0.308 e. The third-order valence-electron chi connectivity index (χ3n) is 4.01. The van der Waals surface area contributed by atoms with E-state index in [-0.39, 0.29) is 5.91 Å². The molecule has 116 valence electrons. The zero-order chi connectivity index (χ0) is 15.5. The van der Waals surface area contributed by atoms with E-state index < -0.39 is 11.9 Å². The SMILES string of the molecule is O=C(O)C1CCN(C(=O)CCCc2nc3ccccc3s2)C1. The molecule has 5 nitrogen and oxygen atoms in total. The van der Waals surface area contributed by atoms with E-state index in [1.807, 2.05) is 18.2 Å². The predicted octanol–water partition coefficient (Wildman–Crippen LogP) is 2.55. The van der Waals surface area contributed by atoms with Gasteiger partial charge in [0, 0.05) is 19.5 Å². The third kappa shape index (κ3) is 3.27. The topological polar surface area (TPSA) is 70.5 Å². The van der Waals surface area contributed by atoms with Crippen LogP contribution in [-0.4, -0.2) is 40.0 Å². The van der Waals surface area contributed by atoms with Gasteiger partial charge in [-0.3, -0.25) is 9.59 Å². The van der Waals surface area contributed by atoms with Crippen molar-refractivity contribution in [3.05, 3.63) is 29.3 Å². The first kappa shape index (κ1) is 15.0. The van der Waals surface area contributed by atoms with Crippen LogP contribution in [-0.2, 0) is 16.0 Å². The molecule has 1 fully saturated rings. The first-order valence-corrected chi connectivity index (χ1v) is 8.30. The Morgan fingerprint density at radius 3 is 2.91 bits per heavy atom. The third-order valence-corrected chi connectivity index (χ3v) is 5.11. The Hall–Kier alpha value is -1.95. The van der Waals surface area contributed by atoms with E-state index >= 15 is 0 Å². The molecule has 1 saturated heterocycles. The van der Waals surface area contributed by atoms with Crippen LogP contribution < -0.4 is 0 Å². The quantitative estimate of drug-likeness (QED) is 0.920. The van der Waals surface area contributed by atoms with Gasteiger partial charge in [-0.2, -0.15) is 0 Å². The number of aryl methyl sites for hydroxylation is 1. The summed E-state index contributed by atoms with van der Waals surface area (Å²) in [6.45, 7) is 0.923. The summed E-state index contributed by atoms with van der Waals surface area (Å²) in [7, 11) is 0. The minimum Gasteiger partial charge on any atom is -0.481 e. The van der Waals surface area contributed by atoms with Crippen LogP contribution in [0.3, 0.4) is 0 Å². The van der Waals surface area contributed by atoms with E-state index in [1.54, 1.807) is 16.2 Å². The number of hydrogen-bond donors (Lipinski definition) is 1. The van der Waals surface area contributed by atoms with E-state index in [0.717, 1.165) is 23.4 Å². The maximum Gasteiger partial charge on any atom is 0.308 e. The second kappa shape index (κ2) is 6.44. The van der Waals surface area contributed by atoms with Crippen molar-refractivity contribution in [2.24, 2.45) is 5.92 Å². The number of aromatic nitrogens is 1. The average molecular weight is 318 g/mol. The molecule has 0 spiro atoms. The Labute approximate surface area is 132 Å². The molecule has 2 heterocycles. The van der Waals surface area contributed by atoms with Gasteiger partial charge in [0.25, 0.3) is 0 Å². The number of carboxylic acid groups (broad SMARTS) is 1. The molecular formula is C16H18N2O3S. The average Bonchev–Trinajstić information content (AvgIpc) is 3.13. The lowest BCUT2D eigenvalue weighted by Gasteiger charge is -2.15. The molecular weight excluding hydrogens is 300 g/mol. The van der Waals surface area contributed by atoms with E-state index in [4.69, 9.17) is 5.11 Å². The largest absolute Gasteiger partial charge is 0.481 e. The summed E-state index contributed by atoms with van der Waals surface area (Å²) in [5, 5.41) is 10.0. The summed E-state index contributed by atoms with van der Waals surface area (Å²) in [5.74, 6) is -1.14. The van der Waals surface area contributed by atoms with Crippen LogP contribution in [0.4, 0.5) is 0 Å². The molecule has 1 amide bonds. The molecule has 3 rings (SSSR count). The monoisotopic (exact) mass is 318 g/mol. The lowest BCUT2D eigenvalue weighted by atomic mass is 10.1. The lowest BCUT2D eigenvalue weighted by Crippen LogP contribution is -2.29. The van der Waals surface area contributed by atoms with Gasteiger partial charge in [0.1, 0.15) is 0 Å². The molecule has 0 bridgehead atoms. The van der Waals surface area contributed by atoms with Gasteiger partial charge in [0.15, 0.2) is 0 Å². The minimum absolute atomic E-state index is 0.0601. The molecule has 1 aromatic heterocycles. The summed E-state index contributed by atoms with van der Waals surface area (Å²) in [4.78, 5) is 29.2. The predicted molar refractivity (Wildman–Crippen MR) is 84.9 cm³/mol. The highest BCUT2D eigenvalue weighted by atomic mass is 32.1. The lowest BCUT2D eigenvalue weighted by molar-refractivity contribution is -0.141. The number of amides is 1. The number of hydrogen-bond acceptors (Lipinski definition) is 4. The Morgan fingerprint density at radius 2 is 2.18 bits per heavy atom. The van der Waals surface area contributed by atoms with E-state index in [1.165, 1.54) is 4.70 Å². The van der Waals surface area contributed by atoms with Crippen molar-refractivity contribution in [1.29, 1.82) is 0 Å². The van der Waals surface area contributed by atoms with Crippen LogP contribution in [0.2, 0.25) is 0 Å². The van der Waals surface area contributed by atoms with Gasteiger partial charge >= 0.3 is 5.97 Å². The molecule has 1 aliphatic heterocycles. The number of carbonyl (C=O) groups excluding carboxylic acids is 1. The maximum atomic E-state index is 12.1. The zero-order valence-corrected chi connectivity index (χ0v) is 13.0. The molecule has 0 aliphatic carbocycles. The van der Waals surface area contributed by atoms with Crippen molar-refractivity contribution in [2.75, 3.05) is 13.1 Å². The normalized spacial score (nSPS) is 18.0. The van der Waals surface area contributed by atoms with Gasteiger partial charge in [-0.1, -0.05) is 12.1 Å². The van der Waals surface area contributed by atoms with Crippen molar-refractivity contribution >= 4 is 33.4 Å². The van der Waals surface area contributed by atoms with Gasteiger partial charge in [-0.05, 0) is 31.4 Å². The Bertz CT molecular complexity index is 665. The minimum atomic E-state index is -0.801. The fourth-order valence-electron chi connectivity index (χ4n) is 2.76. The number of aliphatic carboxylic acids is 1. The van der Waals surface area contributed by atoms with Gasteiger partial charge in [0.2, 0.25) is 5.91 Å². The van der Waals surface area contributed by atoms with Crippen molar-refractivity contribution in [3.63, 3.8) is 0 Å². The molecule has 22 heavy (non-hydrogen) atoms. The number of thiazole rings is 1. The van der Waals surface area contributed by atoms with Gasteiger partial charge in [-0.15, -0.1) is 11.3 Å².